The van der Waals surface area contributed by atoms with Crippen molar-refractivity contribution in [1.82, 2.24) is 0 Å². The molecule has 166 valence electrons. The van der Waals surface area contributed by atoms with Gasteiger partial charge >= 0.3 is 0 Å². The van der Waals surface area contributed by atoms with Crippen molar-refractivity contribution in [1.29, 1.82) is 0 Å². The second kappa shape index (κ2) is 9.35. The highest BCUT2D eigenvalue weighted by Gasteiger charge is 2.29. The molecule has 2 heterocycles. The molecule has 2 unspecified atom stereocenters. The number of aryl methyl sites for hydroxylation is 1. The number of benzene rings is 2. The zero-order chi connectivity index (χ0) is 22.0. The molecule has 2 atom stereocenters. The number of fused-ring (bicyclic) bond motifs is 2. The van der Waals surface area contributed by atoms with E-state index in [1.54, 1.807) is 12.1 Å². The lowest BCUT2D eigenvalue weighted by Crippen LogP contribution is -2.25. The van der Waals surface area contributed by atoms with E-state index in [0.717, 1.165) is 12.8 Å². The summed E-state index contributed by atoms with van der Waals surface area (Å²) in [6.45, 7) is 6.61. The lowest BCUT2D eigenvalue weighted by molar-refractivity contribution is -0.00789. The highest BCUT2D eigenvalue weighted by molar-refractivity contribution is 5.54. The summed E-state index contributed by atoms with van der Waals surface area (Å²) < 4.78 is 60.9. The SMILES string of the molecule is C=CC1CCC(CCc2ccc3c(c2F)Oc2c(cc(OCCC)c(F)c2F)C3)OC1. The van der Waals surface area contributed by atoms with Crippen LogP contribution in [0.3, 0.4) is 0 Å². The van der Waals surface area contributed by atoms with Gasteiger partial charge in [0.25, 0.3) is 0 Å². The van der Waals surface area contributed by atoms with Crippen LogP contribution in [0.25, 0.3) is 0 Å². The Balaban J connectivity index is 1.50. The first kappa shape index (κ1) is 21.8. The van der Waals surface area contributed by atoms with Crippen LogP contribution in [0.4, 0.5) is 13.2 Å². The van der Waals surface area contributed by atoms with Crippen molar-refractivity contribution < 1.29 is 27.4 Å². The fraction of sp³-hybridized carbons (Fsp3) is 0.440. The highest BCUT2D eigenvalue weighted by atomic mass is 19.2. The molecule has 3 nitrogen and oxygen atoms in total. The molecule has 1 saturated heterocycles. The van der Waals surface area contributed by atoms with Gasteiger partial charge in [-0.3, -0.25) is 0 Å². The number of hydrogen-bond acceptors (Lipinski definition) is 3. The van der Waals surface area contributed by atoms with Crippen molar-refractivity contribution in [3.8, 4) is 17.2 Å². The van der Waals surface area contributed by atoms with Gasteiger partial charge in [-0.25, -0.2) is 4.39 Å². The summed E-state index contributed by atoms with van der Waals surface area (Å²) in [7, 11) is 0. The van der Waals surface area contributed by atoms with Crippen molar-refractivity contribution in [2.24, 2.45) is 5.92 Å². The minimum atomic E-state index is -1.15. The molecule has 4 rings (SSSR count). The van der Waals surface area contributed by atoms with Gasteiger partial charge in [0, 0.05) is 23.5 Å². The molecule has 0 saturated carbocycles. The Hall–Kier alpha value is -2.47. The molecule has 6 heteroatoms. The molecule has 2 aromatic rings. The average molecular weight is 432 g/mol. The number of hydrogen-bond donors (Lipinski definition) is 0. The van der Waals surface area contributed by atoms with Crippen LogP contribution >= 0.6 is 0 Å². The topological polar surface area (TPSA) is 27.7 Å². The standard InChI is InChI=1S/C25H27F3O3/c1-3-11-29-20-13-18-12-17-7-6-16(8-10-19-9-5-15(4-2)14-30-19)21(26)24(17)31-25(18)23(28)22(20)27/h4,6-7,13,15,19H,2-3,5,8-12,14H2,1H3. The highest BCUT2D eigenvalue weighted by Crippen LogP contribution is 2.43. The zero-order valence-corrected chi connectivity index (χ0v) is 17.7. The van der Waals surface area contributed by atoms with Crippen LogP contribution < -0.4 is 9.47 Å². The number of halogens is 3. The molecule has 0 spiro atoms. The molecular formula is C25H27F3O3. The third-order valence-corrected chi connectivity index (χ3v) is 5.99. The van der Waals surface area contributed by atoms with Crippen LogP contribution in [0.2, 0.25) is 0 Å². The van der Waals surface area contributed by atoms with Crippen molar-refractivity contribution in [3.63, 3.8) is 0 Å². The third-order valence-electron chi connectivity index (χ3n) is 5.99. The minimum Gasteiger partial charge on any atom is -0.490 e. The second-order valence-corrected chi connectivity index (χ2v) is 8.21. The normalized spacial score (nSPS) is 19.9. The van der Waals surface area contributed by atoms with E-state index >= 15 is 4.39 Å². The summed E-state index contributed by atoms with van der Waals surface area (Å²) >= 11 is 0. The molecule has 2 aromatic carbocycles. The minimum absolute atomic E-state index is 0.0261. The maximum Gasteiger partial charge on any atom is 0.205 e. The first-order valence-corrected chi connectivity index (χ1v) is 10.9. The smallest absolute Gasteiger partial charge is 0.205 e. The molecular weight excluding hydrogens is 405 g/mol. The molecule has 0 N–H and O–H groups in total. The second-order valence-electron chi connectivity index (χ2n) is 8.21. The molecule has 1 fully saturated rings. The summed E-state index contributed by atoms with van der Waals surface area (Å²) in [4.78, 5) is 0. The Morgan fingerprint density at radius 3 is 2.61 bits per heavy atom. The Bertz CT molecular complexity index is 965. The van der Waals surface area contributed by atoms with Crippen molar-refractivity contribution in [2.45, 2.75) is 51.6 Å². The molecule has 0 amide bonds. The van der Waals surface area contributed by atoms with E-state index in [2.05, 4.69) is 6.58 Å². The van der Waals surface area contributed by atoms with E-state index in [9.17, 15) is 8.78 Å². The lowest BCUT2D eigenvalue weighted by Gasteiger charge is -2.27. The predicted molar refractivity (Wildman–Crippen MR) is 112 cm³/mol. The predicted octanol–water partition coefficient (Wildman–Crippen LogP) is 6.50. The fourth-order valence-electron chi connectivity index (χ4n) is 4.14. The Morgan fingerprint density at radius 1 is 1.10 bits per heavy atom. The van der Waals surface area contributed by atoms with Crippen molar-refractivity contribution in [2.75, 3.05) is 13.2 Å². The van der Waals surface area contributed by atoms with Gasteiger partial charge in [0.1, 0.15) is 0 Å². The molecule has 0 aromatic heterocycles. The molecule has 0 radical (unpaired) electrons. The van der Waals surface area contributed by atoms with Gasteiger partial charge in [0.2, 0.25) is 11.6 Å². The van der Waals surface area contributed by atoms with E-state index in [0.29, 0.717) is 48.5 Å². The summed E-state index contributed by atoms with van der Waals surface area (Å²) in [5.74, 6) is -2.83. The van der Waals surface area contributed by atoms with Gasteiger partial charge < -0.3 is 14.2 Å². The van der Waals surface area contributed by atoms with Crippen LogP contribution in [0, 0.1) is 23.4 Å². The monoisotopic (exact) mass is 432 g/mol. The average Bonchev–Trinajstić information content (AvgIpc) is 2.79. The van der Waals surface area contributed by atoms with Gasteiger partial charge in [-0.15, -0.1) is 6.58 Å². The third kappa shape index (κ3) is 4.45. The van der Waals surface area contributed by atoms with E-state index in [4.69, 9.17) is 14.2 Å². The van der Waals surface area contributed by atoms with E-state index < -0.39 is 17.5 Å². The van der Waals surface area contributed by atoms with Crippen LogP contribution in [0.5, 0.6) is 17.2 Å². The molecule has 2 aliphatic heterocycles. The summed E-state index contributed by atoms with van der Waals surface area (Å²) in [5.41, 5.74) is 1.53. The van der Waals surface area contributed by atoms with Crippen molar-refractivity contribution >= 4 is 0 Å². The van der Waals surface area contributed by atoms with Crippen molar-refractivity contribution in [3.05, 3.63) is 65.0 Å². The number of rotatable bonds is 7. The Morgan fingerprint density at radius 2 is 1.90 bits per heavy atom. The van der Waals surface area contributed by atoms with E-state index in [1.807, 2.05) is 13.0 Å². The molecule has 2 aliphatic rings. The zero-order valence-electron chi connectivity index (χ0n) is 17.7. The lowest BCUT2D eigenvalue weighted by atomic mass is 9.93. The van der Waals surface area contributed by atoms with E-state index in [-0.39, 0.29) is 36.4 Å². The Labute approximate surface area is 180 Å². The maximum atomic E-state index is 15.2. The first-order chi connectivity index (χ1) is 15.0. The molecule has 31 heavy (non-hydrogen) atoms. The summed E-state index contributed by atoms with van der Waals surface area (Å²) in [5, 5.41) is 0. The van der Waals surface area contributed by atoms with Crippen LogP contribution in [-0.2, 0) is 17.6 Å². The van der Waals surface area contributed by atoms with Gasteiger partial charge in [0.15, 0.2) is 23.1 Å². The molecule has 0 aliphatic carbocycles. The van der Waals surface area contributed by atoms with E-state index in [1.165, 1.54) is 6.07 Å². The van der Waals surface area contributed by atoms with Gasteiger partial charge in [-0.2, -0.15) is 8.78 Å². The quantitative estimate of drug-likeness (QED) is 0.399. The largest absolute Gasteiger partial charge is 0.490 e. The van der Waals surface area contributed by atoms with Gasteiger partial charge in [-0.05, 0) is 43.7 Å². The van der Waals surface area contributed by atoms with Crippen LogP contribution in [0.1, 0.15) is 49.3 Å². The van der Waals surface area contributed by atoms with Crippen LogP contribution in [-0.4, -0.2) is 19.3 Å². The number of ether oxygens (including phenoxy) is 3. The maximum absolute atomic E-state index is 15.2. The van der Waals surface area contributed by atoms with Gasteiger partial charge in [0.05, 0.1) is 19.3 Å². The Kier molecular flexibility index (Phi) is 6.56. The summed E-state index contributed by atoms with van der Waals surface area (Å²) in [6, 6.07) is 4.97. The fourth-order valence-corrected chi connectivity index (χ4v) is 4.14. The van der Waals surface area contributed by atoms with Gasteiger partial charge in [-0.1, -0.05) is 25.1 Å². The van der Waals surface area contributed by atoms with Crippen LogP contribution in [0.15, 0.2) is 30.9 Å². The molecule has 0 bridgehead atoms. The summed E-state index contributed by atoms with van der Waals surface area (Å²) in [6.07, 6.45) is 6.03. The first-order valence-electron chi connectivity index (χ1n) is 10.9.